The van der Waals surface area contributed by atoms with E-state index in [2.05, 4.69) is 10.1 Å². The van der Waals surface area contributed by atoms with E-state index in [4.69, 9.17) is 11.6 Å². The molecular formula is C16H14ClN5O3. The Morgan fingerprint density at radius 1 is 1.24 bits per heavy atom. The molecule has 0 saturated carbocycles. The van der Waals surface area contributed by atoms with E-state index in [1.54, 1.807) is 53.6 Å². The van der Waals surface area contributed by atoms with Crippen molar-refractivity contribution in [3.8, 4) is 0 Å². The van der Waals surface area contributed by atoms with Gasteiger partial charge in [0, 0.05) is 31.4 Å². The third kappa shape index (κ3) is 3.92. The standard InChI is InChI=1S/C16H14ClN5O3/c17-14-7-6-12(10-18-14)11-20-8-9-21(16(20)19-22(24)25)15(23)13-4-2-1-3-5-13/h1-7,10H,8-9,11H2/b19-16+. The monoisotopic (exact) mass is 359 g/mol. The van der Waals surface area contributed by atoms with E-state index < -0.39 is 5.03 Å². The lowest BCUT2D eigenvalue weighted by Gasteiger charge is -2.19. The Morgan fingerprint density at radius 3 is 2.64 bits per heavy atom. The maximum Gasteiger partial charge on any atom is 0.281 e. The molecule has 1 saturated heterocycles. The minimum Gasteiger partial charge on any atom is -0.331 e. The van der Waals surface area contributed by atoms with E-state index in [0.717, 1.165) is 5.56 Å². The minimum atomic E-state index is -0.793. The van der Waals surface area contributed by atoms with Gasteiger partial charge in [-0.05, 0) is 23.8 Å². The average molecular weight is 360 g/mol. The maximum absolute atomic E-state index is 12.6. The smallest absolute Gasteiger partial charge is 0.281 e. The number of hydrazone groups is 1. The van der Waals surface area contributed by atoms with Crippen molar-refractivity contribution >= 4 is 23.5 Å². The number of carbonyl (C=O) groups excluding carboxylic acids is 1. The van der Waals surface area contributed by atoms with E-state index >= 15 is 0 Å². The van der Waals surface area contributed by atoms with Crippen molar-refractivity contribution < 1.29 is 9.83 Å². The molecule has 25 heavy (non-hydrogen) atoms. The van der Waals surface area contributed by atoms with Gasteiger partial charge in [-0.2, -0.15) is 0 Å². The zero-order valence-corrected chi connectivity index (χ0v) is 13.8. The van der Waals surface area contributed by atoms with Gasteiger partial charge < -0.3 is 4.90 Å². The number of nitrogens with zero attached hydrogens (tertiary/aromatic N) is 5. The fourth-order valence-electron chi connectivity index (χ4n) is 2.58. The van der Waals surface area contributed by atoms with Gasteiger partial charge in [0.15, 0.2) is 5.03 Å². The second-order valence-electron chi connectivity index (χ2n) is 5.37. The van der Waals surface area contributed by atoms with Crippen molar-refractivity contribution in [2.75, 3.05) is 13.1 Å². The van der Waals surface area contributed by atoms with Gasteiger partial charge in [-0.25, -0.2) is 15.1 Å². The van der Waals surface area contributed by atoms with Crippen molar-refractivity contribution in [3.63, 3.8) is 0 Å². The van der Waals surface area contributed by atoms with Gasteiger partial charge in [0.2, 0.25) is 0 Å². The average Bonchev–Trinajstić information content (AvgIpc) is 2.99. The van der Waals surface area contributed by atoms with Crippen LogP contribution in [-0.4, -0.2) is 44.8 Å². The Kier molecular flexibility index (Phi) is 4.90. The van der Waals surface area contributed by atoms with Crippen LogP contribution in [0.2, 0.25) is 5.15 Å². The molecule has 0 bridgehead atoms. The fourth-order valence-corrected chi connectivity index (χ4v) is 2.69. The van der Waals surface area contributed by atoms with E-state index in [9.17, 15) is 14.9 Å². The predicted molar refractivity (Wildman–Crippen MR) is 91.6 cm³/mol. The molecule has 0 radical (unpaired) electrons. The summed E-state index contributed by atoms with van der Waals surface area (Å²) in [5, 5.41) is 13.9. The summed E-state index contributed by atoms with van der Waals surface area (Å²) in [6, 6.07) is 12.0. The molecule has 1 amide bonds. The van der Waals surface area contributed by atoms with Crippen LogP contribution in [0, 0.1) is 10.1 Å². The molecule has 1 aromatic carbocycles. The van der Waals surface area contributed by atoms with Crippen LogP contribution in [-0.2, 0) is 6.54 Å². The molecule has 1 fully saturated rings. The molecule has 1 aromatic heterocycles. The molecule has 1 aliphatic rings. The van der Waals surface area contributed by atoms with Crippen molar-refractivity contribution in [2.24, 2.45) is 5.10 Å². The van der Waals surface area contributed by atoms with E-state index in [0.29, 0.717) is 30.4 Å². The highest BCUT2D eigenvalue weighted by molar-refractivity contribution is 6.29. The summed E-state index contributed by atoms with van der Waals surface area (Å²) < 4.78 is 0. The van der Waals surface area contributed by atoms with Gasteiger partial charge >= 0.3 is 0 Å². The normalized spacial score (nSPS) is 15.6. The fraction of sp³-hybridized carbons (Fsp3) is 0.188. The summed E-state index contributed by atoms with van der Waals surface area (Å²) >= 11 is 5.77. The van der Waals surface area contributed by atoms with Gasteiger partial charge in [-0.1, -0.05) is 35.9 Å². The van der Waals surface area contributed by atoms with Crippen LogP contribution in [0.5, 0.6) is 0 Å². The second-order valence-corrected chi connectivity index (χ2v) is 5.76. The SMILES string of the molecule is O=C(c1ccccc1)N1CCN(Cc2ccc(Cl)nc2)/C1=N\[N+](=O)[O-]. The molecule has 0 N–H and O–H groups in total. The van der Waals surface area contributed by atoms with Crippen molar-refractivity contribution in [2.45, 2.75) is 6.54 Å². The first-order valence-electron chi connectivity index (χ1n) is 7.50. The Labute approximate surface area is 148 Å². The Morgan fingerprint density at radius 2 is 2.00 bits per heavy atom. The highest BCUT2D eigenvalue weighted by Gasteiger charge is 2.34. The third-order valence-corrected chi connectivity index (χ3v) is 3.94. The highest BCUT2D eigenvalue weighted by Crippen LogP contribution is 2.17. The number of hydrogen-bond acceptors (Lipinski definition) is 4. The highest BCUT2D eigenvalue weighted by atomic mass is 35.5. The molecule has 2 heterocycles. The van der Waals surface area contributed by atoms with E-state index in [1.165, 1.54) is 4.90 Å². The number of pyridine rings is 1. The summed E-state index contributed by atoms with van der Waals surface area (Å²) in [6.45, 7) is 1.10. The topological polar surface area (TPSA) is 91.9 Å². The molecule has 0 atom stereocenters. The quantitative estimate of drug-likeness (QED) is 0.474. The molecule has 0 aliphatic carbocycles. The third-order valence-electron chi connectivity index (χ3n) is 3.72. The van der Waals surface area contributed by atoms with Gasteiger partial charge in [-0.15, -0.1) is 0 Å². The largest absolute Gasteiger partial charge is 0.331 e. The van der Waals surface area contributed by atoms with Crippen LogP contribution in [0.25, 0.3) is 0 Å². The van der Waals surface area contributed by atoms with Gasteiger partial charge in [-0.3, -0.25) is 9.69 Å². The Hall–Kier alpha value is -3.00. The lowest BCUT2D eigenvalue weighted by atomic mass is 10.2. The van der Waals surface area contributed by atoms with Crippen molar-refractivity contribution in [3.05, 3.63) is 75.1 Å². The molecule has 0 spiro atoms. The molecule has 0 unspecified atom stereocenters. The zero-order chi connectivity index (χ0) is 17.8. The molecule has 8 nitrogen and oxygen atoms in total. The molecule has 3 rings (SSSR count). The first kappa shape index (κ1) is 16.8. The van der Waals surface area contributed by atoms with E-state index in [-0.39, 0.29) is 11.9 Å². The van der Waals surface area contributed by atoms with Crippen LogP contribution in [0.3, 0.4) is 0 Å². The number of amides is 1. The number of rotatable bonds is 4. The Bertz CT molecular complexity index is 810. The van der Waals surface area contributed by atoms with Crippen LogP contribution >= 0.6 is 11.6 Å². The lowest BCUT2D eigenvalue weighted by molar-refractivity contribution is -0.486. The number of carbonyl (C=O) groups is 1. The second kappa shape index (κ2) is 7.27. The first-order valence-corrected chi connectivity index (χ1v) is 7.87. The lowest BCUT2D eigenvalue weighted by Crippen LogP contribution is -2.38. The number of halogens is 1. The van der Waals surface area contributed by atoms with Crippen molar-refractivity contribution in [1.82, 2.24) is 14.8 Å². The molecule has 9 heteroatoms. The summed E-state index contributed by atoms with van der Waals surface area (Å²) in [6.07, 6.45) is 1.59. The molecule has 1 aliphatic heterocycles. The predicted octanol–water partition coefficient (Wildman–Crippen LogP) is 2.24. The van der Waals surface area contributed by atoms with Crippen LogP contribution in [0.15, 0.2) is 53.8 Å². The van der Waals surface area contributed by atoms with Crippen LogP contribution in [0.1, 0.15) is 15.9 Å². The summed E-state index contributed by atoms with van der Waals surface area (Å²) in [7, 11) is 0. The van der Waals surface area contributed by atoms with Gasteiger partial charge in [0.1, 0.15) is 10.3 Å². The van der Waals surface area contributed by atoms with Crippen LogP contribution in [0.4, 0.5) is 0 Å². The van der Waals surface area contributed by atoms with Crippen molar-refractivity contribution in [1.29, 1.82) is 0 Å². The van der Waals surface area contributed by atoms with E-state index in [1.807, 2.05) is 0 Å². The summed E-state index contributed by atoms with van der Waals surface area (Å²) in [5.74, 6) is -0.299. The van der Waals surface area contributed by atoms with Gasteiger partial charge in [0.25, 0.3) is 11.9 Å². The molecule has 128 valence electrons. The van der Waals surface area contributed by atoms with Gasteiger partial charge in [0.05, 0.1) is 0 Å². The number of nitro groups is 1. The summed E-state index contributed by atoms with van der Waals surface area (Å²) in [4.78, 5) is 30.6. The Balaban J connectivity index is 1.84. The first-order chi connectivity index (χ1) is 12.0. The molecule has 2 aromatic rings. The maximum atomic E-state index is 12.6. The zero-order valence-electron chi connectivity index (χ0n) is 13.1. The number of hydrogen-bond donors (Lipinski definition) is 0. The molecular weight excluding hydrogens is 346 g/mol. The van der Waals surface area contributed by atoms with Crippen LogP contribution < -0.4 is 0 Å². The summed E-state index contributed by atoms with van der Waals surface area (Å²) in [5.41, 5.74) is 1.27. The number of guanidine groups is 1. The number of aromatic nitrogens is 1. The minimum absolute atomic E-state index is 0.0220. The number of benzene rings is 1.